The molecule has 1 saturated heterocycles. The normalized spacial score (nSPS) is 25.8. The molecule has 0 radical (unpaired) electrons. The molecule has 0 aliphatic carbocycles. The Kier molecular flexibility index (Phi) is 3.19. The molecule has 1 aromatic rings. The van der Waals surface area contributed by atoms with Crippen LogP contribution in [0.25, 0.3) is 0 Å². The smallest absolute Gasteiger partial charge is 0.153 e. The minimum absolute atomic E-state index is 0.359. The summed E-state index contributed by atoms with van der Waals surface area (Å²) in [5.74, 6) is 2.54. The van der Waals surface area contributed by atoms with E-state index in [1.54, 1.807) is 0 Å². The summed E-state index contributed by atoms with van der Waals surface area (Å²) in [5, 5.41) is 0.476. The van der Waals surface area contributed by atoms with Gasteiger partial charge in [0.25, 0.3) is 0 Å². The van der Waals surface area contributed by atoms with Gasteiger partial charge in [-0.1, -0.05) is 25.4 Å². The van der Waals surface area contributed by atoms with Gasteiger partial charge in [0, 0.05) is 13.1 Å². The molecule has 4 nitrogen and oxygen atoms in total. The molecule has 0 spiro atoms. The first-order chi connectivity index (χ1) is 7.59. The van der Waals surface area contributed by atoms with Crippen LogP contribution in [0.3, 0.4) is 0 Å². The summed E-state index contributed by atoms with van der Waals surface area (Å²) in [6, 6.07) is 0. The molecule has 0 saturated carbocycles. The van der Waals surface area contributed by atoms with E-state index in [4.69, 9.17) is 17.3 Å². The van der Waals surface area contributed by atoms with Gasteiger partial charge in [-0.25, -0.2) is 9.97 Å². The molecule has 0 amide bonds. The lowest BCUT2D eigenvalue weighted by molar-refractivity contribution is 0.323. The lowest BCUT2D eigenvalue weighted by Crippen LogP contribution is -2.39. The summed E-state index contributed by atoms with van der Waals surface area (Å²) in [7, 11) is 0. The van der Waals surface area contributed by atoms with Crippen molar-refractivity contribution >= 4 is 23.2 Å². The average molecular weight is 241 g/mol. The lowest BCUT2D eigenvalue weighted by Gasteiger charge is -2.36. The van der Waals surface area contributed by atoms with Crippen molar-refractivity contribution in [2.75, 3.05) is 23.7 Å². The van der Waals surface area contributed by atoms with Crippen molar-refractivity contribution in [1.82, 2.24) is 9.97 Å². The SMILES string of the molecule is CC1CCN(c2ncnc(N)c2Cl)CC1C. The molecule has 1 aliphatic rings. The molecule has 0 aromatic carbocycles. The molecule has 2 heterocycles. The topological polar surface area (TPSA) is 55.0 Å². The molecule has 2 N–H and O–H groups in total. The van der Waals surface area contributed by atoms with Crippen LogP contribution in [0.5, 0.6) is 0 Å². The highest BCUT2D eigenvalue weighted by molar-refractivity contribution is 6.35. The van der Waals surface area contributed by atoms with Crippen molar-refractivity contribution in [3.63, 3.8) is 0 Å². The first-order valence-corrected chi connectivity index (χ1v) is 5.98. The molecule has 1 aromatic heterocycles. The summed E-state index contributed by atoms with van der Waals surface area (Å²) in [6.45, 7) is 6.52. The Morgan fingerprint density at radius 2 is 2.12 bits per heavy atom. The third kappa shape index (κ3) is 2.07. The molecule has 1 fully saturated rings. The van der Waals surface area contributed by atoms with Gasteiger partial charge in [0.1, 0.15) is 17.2 Å². The average Bonchev–Trinajstić information content (AvgIpc) is 2.26. The molecule has 2 unspecified atom stereocenters. The fourth-order valence-corrected chi connectivity index (χ4v) is 2.27. The van der Waals surface area contributed by atoms with Crippen molar-refractivity contribution in [2.24, 2.45) is 11.8 Å². The zero-order chi connectivity index (χ0) is 11.7. The van der Waals surface area contributed by atoms with Crippen molar-refractivity contribution in [2.45, 2.75) is 20.3 Å². The van der Waals surface area contributed by atoms with Gasteiger partial charge in [-0.3, -0.25) is 0 Å². The van der Waals surface area contributed by atoms with Crippen molar-refractivity contribution in [3.8, 4) is 0 Å². The number of nitrogens with zero attached hydrogens (tertiary/aromatic N) is 3. The van der Waals surface area contributed by atoms with Crippen LogP contribution < -0.4 is 10.6 Å². The van der Waals surface area contributed by atoms with E-state index in [2.05, 4.69) is 28.7 Å². The predicted octanol–water partition coefficient (Wildman–Crippen LogP) is 2.19. The number of anilines is 2. The Bertz CT molecular complexity index is 382. The maximum absolute atomic E-state index is 6.12. The van der Waals surface area contributed by atoms with Gasteiger partial charge >= 0.3 is 0 Å². The van der Waals surface area contributed by atoms with Gasteiger partial charge in [0.05, 0.1) is 0 Å². The molecule has 5 heteroatoms. The van der Waals surface area contributed by atoms with Gasteiger partial charge in [-0.05, 0) is 18.3 Å². The van der Waals surface area contributed by atoms with Crippen LogP contribution in [0.4, 0.5) is 11.6 Å². The number of nitrogen functional groups attached to an aromatic ring is 1. The van der Waals surface area contributed by atoms with Gasteiger partial charge < -0.3 is 10.6 Å². The highest BCUT2D eigenvalue weighted by Crippen LogP contribution is 2.31. The number of piperidine rings is 1. The van der Waals surface area contributed by atoms with Gasteiger partial charge in [0.2, 0.25) is 0 Å². The molecule has 2 atom stereocenters. The first kappa shape index (κ1) is 11.5. The molecular formula is C11H17ClN4. The highest BCUT2D eigenvalue weighted by Gasteiger charge is 2.25. The van der Waals surface area contributed by atoms with Gasteiger partial charge in [0.15, 0.2) is 5.82 Å². The molecular weight excluding hydrogens is 224 g/mol. The zero-order valence-corrected chi connectivity index (χ0v) is 10.4. The third-order valence-electron chi connectivity index (χ3n) is 3.43. The second-order valence-electron chi connectivity index (χ2n) is 4.59. The second-order valence-corrected chi connectivity index (χ2v) is 4.96. The maximum Gasteiger partial charge on any atom is 0.153 e. The minimum Gasteiger partial charge on any atom is -0.382 e. The van der Waals surface area contributed by atoms with E-state index in [1.807, 2.05) is 0 Å². The van der Waals surface area contributed by atoms with Gasteiger partial charge in [-0.15, -0.1) is 0 Å². The van der Waals surface area contributed by atoms with Crippen LogP contribution in [0, 0.1) is 11.8 Å². The lowest BCUT2D eigenvalue weighted by atomic mass is 9.89. The summed E-state index contributed by atoms with van der Waals surface area (Å²) < 4.78 is 0. The number of nitrogens with two attached hydrogens (primary N) is 1. The molecule has 1 aliphatic heterocycles. The monoisotopic (exact) mass is 240 g/mol. The van der Waals surface area contributed by atoms with E-state index in [0.717, 1.165) is 24.8 Å². The Hall–Kier alpha value is -1.03. The van der Waals surface area contributed by atoms with E-state index in [-0.39, 0.29) is 0 Å². The number of halogens is 1. The Balaban J connectivity index is 2.22. The van der Waals surface area contributed by atoms with Crippen molar-refractivity contribution < 1.29 is 0 Å². The first-order valence-electron chi connectivity index (χ1n) is 5.60. The van der Waals surface area contributed by atoms with Crippen LogP contribution in [0.2, 0.25) is 5.02 Å². The van der Waals surface area contributed by atoms with Crippen molar-refractivity contribution in [1.29, 1.82) is 0 Å². The highest BCUT2D eigenvalue weighted by atomic mass is 35.5. The van der Waals surface area contributed by atoms with E-state index in [0.29, 0.717) is 16.8 Å². The fourth-order valence-electron chi connectivity index (χ4n) is 2.05. The van der Waals surface area contributed by atoms with Crippen LogP contribution in [-0.2, 0) is 0 Å². The largest absolute Gasteiger partial charge is 0.382 e. The Morgan fingerprint density at radius 1 is 1.38 bits per heavy atom. The summed E-state index contributed by atoms with van der Waals surface area (Å²) in [6.07, 6.45) is 2.64. The van der Waals surface area contributed by atoms with Gasteiger partial charge in [-0.2, -0.15) is 0 Å². The summed E-state index contributed by atoms with van der Waals surface area (Å²) in [5.41, 5.74) is 5.68. The standard InChI is InChI=1S/C11H17ClN4/c1-7-3-4-16(5-8(7)2)11-9(12)10(13)14-6-15-11/h6-8H,3-5H2,1-2H3,(H2,13,14,15). The Labute approximate surface area is 101 Å². The number of aromatic nitrogens is 2. The molecule has 88 valence electrons. The van der Waals surface area contributed by atoms with Crippen LogP contribution >= 0.6 is 11.6 Å². The van der Waals surface area contributed by atoms with Crippen LogP contribution in [0.15, 0.2) is 6.33 Å². The molecule has 16 heavy (non-hydrogen) atoms. The van der Waals surface area contributed by atoms with Crippen LogP contribution in [0.1, 0.15) is 20.3 Å². The number of rotatable bonds is 1. The van der Waals surface area contributed by atoms with E-state index in [9.17, 15) is 0 Å². The predicted molar refractivity (Wildman–Crippen MR) is 66.6 cm³/mol. The van der Waals surface area contributed by atoms with E-state index >= 15 is 0 Å². The third-order valence-corrected chi connectivity index (χ3v) is 3.79. The summed E-state index contributed by atoms with van der Waals surface area (Å²) in [4.78, 5) is 10.3. The minimum atomic E-state index is 0.359. The van der Waals surface area contributed by atoms with E-state index in [1.165, 1.54) is 12.7 Å². The van der Waals surface area contributed by atoms with E-state index < -0.39 is 0 Å². The Morgan fingerprint density at radius 3 is 2.81 bits per heavy atom. The van der Waals surface area contributed by atoms with Crippen molar-refractivity contribution in [3.05, 3.63) is 11.3 Å². The zero-order valence-electron chi connectivity index (χ0n) is 9.65. The molecule has 0 bridgehead atoms. The number of hydrogen-bond donors (Lipinski definition) is 1. The quantitative estimate of drug-likeness (QED) is 0.818. The van der Waals surface area contributed by atoms with Crippen LogP contribution in [-0.4, -0.2) is 23.1 Å². The maximum atomic E-state index is 6.12. The fraction of sp³-hybridized carbons (Fsp3) is 0.636. The summed E-state index contributed by atoms with van der Waals surface area (Å²) >= 11 is 6.12. The number of hydrogen-bond acceptors (Lipinski definition) is 4. The molecule has 2 rings (SSSR count). The second kappa shape index (κ2) is 4.45.